The molecule has 1 saturated carbocycles. The molecule has 2 aromatic rings. The highest BCUT2D eigenvalue weighted by molar-refractivity contribution is 7.22. The van der Waals surface area contributed by atoms with Crippen molar-refractivity contribution in [1.29, 1.82) is 0 Å². The molecule has 1 aromatic heterocycles. The molecule has 1 heterocycles. The van der Waals surface area contributed by atoms with Crippen molar-refractivity contribution in [3.05, 3.63) is 24.3 Å². The molecule has 5 nitrogen and oxygen atoms in total. The highest BCUT2D eigenvalue weighted by Gasteiger charge is 2.09. The van der Waals surface area contributed by atoms with Gasteiger partial charge in [-0.2, -0.15) is 5.10 Å². The Labute approximate surface area is 121 Å². The van der Waals surface area contributed by atoms with Gasteiger partial charge in [0.1, 0.15) is 0 Å². The minimum absolute atomic E-state index is 0.136. The molecule has 0 bridgehead atoms. The zero-order chi connectivity index (χ0) is 13.8. The van der Waals surface area contributed by atoms with Crippen LogP contribution in [0.15, 0.2) is 29.4 Å². The van der Waals surface area contributed by atoms with Gasteiger partial charge in [-0.1, -0.05) is 23.5 Å². The van der Waals surface area contributed by atoms with Crippen molar-refractivity contribution in [1.82, 2.24) is 10.4 Å². The molecule has 6 heteroatoms. The lowest BCUT2D eigenvalue weighted by Gasteiger charge is -2.02. The minimum Gasteiger partial charge on any atom is -0.352 e. The molecule has 3 rings (SSSR count). The van der Waals surface area contributed by atoms with Crippen LogP contribution in [0.25, 0.3) is 10.2 Å². The molecular weight excluding hydrogens is 272 g/mol. The number of amides is 1. The Balaban J connectivity index is 1.53. The molecular formula is C14H16N4OS. The van der Waals surface area contributed by atoms with Crippen LogP contribution in [0, 0.1) is 0 Å². The van der Waals surface area contributed by atoms with Crippen LogP contribution >= 0.6 is 11.3 Å². The summed E-state index contributed by atoms with van der Waals surface area (Å²) in [6, 6.07) is 7.92. The van der Waals surface area contributed by atoms with Gasteiger partial charge in [-0.3, -0.25) is 4.79 Å². The highest BCUT2D eigenvalue weighted by atomic mass is 32.1. The van der Waals surface area contributed by atoms with Crippen LogP contribution in [-0.2, 0) is 4.79 Å². The number of para-hydroxylation sites is 1. The summed E-state index contributed by atoms with van der Waals surface area (Å²) in [5.41, 5.74) is 4.64. The number of anilines is 1. The zero-order valence-corrected chi connectivity index (χ0v) is 11.9. The van der Waals surface area contributed by atoms with E-state index < -0.39 is 0 Å². The zero-order valence-electron chi connectivity index (χ0n) is 11.1. The molecule has 1 amide bonds. The topological polar surface area (TPSA) is 66.4 Å². The molecule has 20 heavy (non-hydrogen) atoms. The monoisotopic (exact) mass is 288 g/mol. The quantitative estimate of drug-likeness (QED) is 0.850. The van der Waals surface area contributed by atoms with Gasteiger partial charge in [0.05, 0.1) is 16.8 Å². The molecule has 0 unspecified atom stereocenters. The molecule has 0 aliphatic heterocycles. The largest absolute Gasteiger partial charge is 0.352 e. The van der Waals surface area contributed by atoms with Gasteiger partial charge in [0, 0.05) is 5.71 Å². The van der Waals surface area contributed by atoms with Crippen molar-refractivity contribution >= 4 is 38.3 Å². The van der Waals surface area contributed by atoms with E-state index >= 15 is 0 Å². The van der Waals surface area contributed by atoms with E-state index in [1.165, 1.54) is 12.8 Å². The maximum atomic E-state index is 11.7. The minimum atomic E-state index is -0.136. The summed E-state index contributed by atoms with van der Waals surface area (Å²) < 4.78 is 1.11. The van der Waals surface area contributed by atoms with Gasteiger partial charge in [-0.05, 0) is 37.8 Å². The van der Waals surface area contributed by atoms with Gasteiger partial charge in [0.2, 0.25) is 0 Å². The van der Waals surface area contributed by atoms with Crippen LogP contribution in [0.4, 0.5) is 5.13 Å². The van der Waals surface area contributed by atoms with Crippen molar-refractivity contribution in [3.8, 4) is 0 Å². The predicted octanol–water partition coefficient (Wildman–Crippen LogP) is 2.75. The molecule has 0 spiro atoms. The van der Waals surface area contributed by atoms with E-state index in [1.54, 1.807) is 11.3 Å². The van der Waals surface area contributed by atoms with Crippen LogP contribution in [0.1, 0.15) is 25.7 Å². The van der Waals surface area contributed by atoms with Gasteiger partial charge in [0.15, 0.2) is 5.13 Å². The maximum Gasteiger partial charge on any atom is 0.259 e. The number of fused-ring (bicyclic) bond motifs is 1. The molecule has 1 aromatic carbocycles. The van der Waals surface area contributed by atoms with Crippen molar-refractivity contribution < 1.29 is 4.79 Å². The fourth-order valence-corrected chi connectivity index (χ4v) is 3.04. The van der Waals surface area contributed by atoms with Crippen molar-refractivity contribution in [3.63, 3.8) is 0 Å². The van der Waals surface area contributed by atoms with Crippen LogP contribution in [0.2, 0.25) is 0 Å². The van der Waals surface area contributed by atoms with Gasteiger partial charge < -0.3 is 5.32 Å². The van der Waals surface area contributed by atoms with E-state index in [-0.39, 0.29) is 12.5 Å². The predicted molar refractivity (Wildman–Crippen MR) is 82.2 cm³/mol. The van der Waals surface area contributed by atoms with E-state index in [9.17, 15) is 4.79 Å². The van der Waals surface area contributed by atoms with E-state index in [4.69, 9.17) is 0 Å². The average Bonchev–Trinajstić information content (AvgIpc) is 3.11. The molecule has 1 aliphatic carbocycles. The van der Waals surface area contributed by atoms with E-state index in [1.807, 2.05) is 24.3 Å². The summed E-state index contributed by atoms with van der Waals surface area (Å²) in [6.45, 7) is 0.191. The molecule has 1 fully saturated rings. The maximum absolute atomic E-state index is 11.7. The van der Waals surface area contributed by atoms with Gasteiger partial charge in [-0.25, -0.2) is 10.4 Å². The summed E-state index contributed by atoms with van der Waals surface area (Å²) >= 11 is 1.54. The number of thiazole rings is 1. The van der Waals surface area contributed by atoms with Gasteiger partial charge in [0.25, 0.3) is 5.91 Å². The van der Waals surface area contributed by atoms with Crippen LogP contribution in [0.3, 0.4) is 0 Å². The molecule has 1 aliphatic rings. The molecule has 0 radical (unpaired) electrons. The third-order valence-corrected chi connectivity index (χ3v) is 4.21. The van der Waals surface area contributed by atoms with E-state index in [0.29, 0.717) is 0 Å². The summed E-state index contributed by atoms with van der Waals surface area (Å²) in [5, 5.41) is 7.93. The lowest BCUT2D eigenvalue weighted by atomic mass is 10.3. The second-order valence-corrected chi connectivity index (χ2v) is 5.79. The Hall–Kier alpha value is -1.95. The lowest BCUT2D eigenvalue weighted by Crippen LogP contribution is -2.26. The van der Waals surface area contributed by atoms with E-state index in [2.05, 4.69) is 20.8 Å². The Morgan fingerprint density at radius 2 is 2.10 bits per heavy atom. The number of nitrogens with one attached hydrogen (secondary N) is 2. The van der Waals surface area contributed by atoms with E-state index in [0.717, 1.165) is 33.9 Å². The Morgan fingerprint density at radius 1 is 1.30 bits per heavy atom. The number of carbonyl (C=O) groups is 1. The second kappa shape index (κ2) is 6.00. The summed E-state index contributed by atoms with van der Waals surface area (Å²) in [4.78, 5) is 16.1. The molecule has 0 saturated heterocycles. The summed E-state index contributed by atoms with van der Waals surface area (Å²) in [6.07, 6.45) is 4.37. The average molecular weight is 288 g/mol. The third-order valence-electron chi connectivity index (χ3n) is 3.21. The molecule has 104 valence electrons. The SMILES string of the molecule is O=C(CNc1nc2ccccc2s1)NN=C1CCCC1. The highest BCUT2D eigenvalue weighted by Crippen LogP contribution is 2.24. The Kier molecular flexibility index (Phi) is 3.92. The van der Waals surface area contributed by atoms with Crippen molar-refractivity contribution in [2.45, 2.75) is 25.7 Å². The first kappa shape index (κ1) is 13.1. The molecule has 0 atom stereocenters. The number of benzene rings is 1. The van der Waals surface area contributed by atoms with Gasteiger partial charge >= 0.3 is 0 Å². The van der Waals surface area contributed by atoms with Crippen LogP contribution < -0.4 is 10.7 Å². The Morgan fingerprint density at radius 3 is 2.90 bits per heavy atom. The lowest BCUT2D eigenvalue weighted by molar-refractivity contribution is -0.119. The van der Waals surface area contributed by atoms with Gasteiger partial charge in [-0.15, -0.1) is 0 Å². The normalized spacial score (nSPS) is 14.5. The first-order chi connectivity index (χ1) is 9.81. The first-order valence-corrected chi connectivity index (χ1v) is 7.56. The number of nitrogens with zero attached hydrogens (tertiary/aromatic N) is 2. The standard InChI is InChI=1S/C14H16N4OS/c19-13(18-17-10-5-1-2-6-10)9-15-14-16-11-7-3-4-8-12(11)20-14/h3-4,7-8H,1-2,5-6,9H2,(H,15,16)(H,18,19). The fraction of sp³-hybridized carbons (Fsp3) is 0.357. The smallest absolute Gasteiger partial charge is 0.259 e. The second-order valence-electron chi connectivity index (χ2n) is 4.76. The van der Waals surface area contributed by atoms with Crippen LogP contribution in [-0.4, -0.2) is 23.1 Å². The fourth-order valence-electron chi connectivity index (χ4n) is 2.18. The van der Waals surface area contributed by atoms with Crippen molar-refractivity contribution in [2.75, 3.05) is 11.9 Å². The number of hydrazone groups is 1. The summed E-state index contributed by atoms with van der Waals surface area (Å²) in [7, 11) is 0. The molecule has 2 N–H and O–H groups in total. The summed E-state index contributed by atoms with van der Waals surface area (Å²) in [5.74, 6) is -0.136. The number of hydrogen-bond donors (Lipinski definition) is 2. The van der Waals surface area contributed by atoms with Crippen molar-refractivity contribution in [2.24, 2.45) is 5.10 Å². The third kappa shape index (κ3) is 3.14. The number of carbonyl (C=O) groups excluding carboxylic acids is 1. The Bertz CT molecular complexity index is 608. The number of hydrogen-bond acceptors (Lipinski definition) is 5. The first-order valence-electron chi connectivity index (χ1n) is 6.75. The number of rotatable bonds is 4. The van der Waals surface area contributed by atoms with Crippen LogP contribution in [0.5, 0.6) is 0 Å². The number of aromatic nitrogens is 1.